The maximum absolute atomic E-state index is 5.74. The van der Waals surface area contributed by atoms with Crippen LogP contribution in [0.1, 0.15) is 45.4 Å². The van der Waals surface area contributed by atoms with Crippen molar-refractivity contribution in [2.45, 2.75) is 45.4 Å². The number of aliphatic imine (C=N–C) groups is 1. The molecule has 24 heavy (non-hydrogen) atoms. The minimum absolute atomic E-state index is 0. The molecule has 0 spiro atoms. The molecular weight excluding hydrogens is 415 g/mol. The largest absolute Gasteiger partial charge is 0.379 e. The molecular formula is C18H37IN4O. The molecule has 0 radical (unpaired) electrons. The van der Waals surface area contributed by atoms with Crippen molar-refractivity contribution >= 4 is 29.9 Å². The van der Waals surface area contributed by atoms with Crippen LogP contribution < -0.4 is 5.32 Å². The fourth-order valence-corrected chi connectivity index (χ4v) is 2.97. The Labute approximate surface area is 165 Å². The normalized spacial score (nSPS) is 19.5. The van der Waals surface area contributed by atoms with E-state index >= 15 is 0 Å². The lowest BCUT2D eigenvalue weighted by molar-refractivity contribution is 0.115. The van der Waals surface area contributed by atoms with E-state index in [0.29, 0.717) is 0 Å². The molecule has 0 aromatic rings. The quantitative estimate of drug-likeness (QED) is 0.253. The summed E-state index contributed by atoms with van der Waals surface area (Å²) in [5.41, 5.74) is 0. The Morgan fingerprint density at radius 2 is 1.92 bits per heavy atom. The van der Waals surface area contributed by atoms with Gasteiger partial charge in [-0.05, 0) is 51.6 Å². The maximum atomic E-state index is 5.74. The zero-order chi connectivity index (χ0) is 16.3. The Morgan fingerprint density at radius 3 is 2.54 bits per heavy atom. The number of hydrogen-bond donors (Lipinski definition) is 1. The summed E-state index contributed by atoms with van der Waals surface area (Å²) in [6.45, 7) is 10.1. The molecule has 0 unspecified atom stereocenters. The highest BCUT2D eigenvalue weighted by molar-refractivity contribution is 14.0. The fraction of sp³-hybridized carbons (Fsp3) is 0.944. The predicted octanol–water partition coefficient (Wildman–Crippen LogP) is 2.80. The smallest absolute Gasteiger partial charge is 0.193 e. The molecule has 6 heteroatoms. The SMILES string of the molecule is CCNC(=NCCN1CCCCCC1)N(C)CCOCC1CC1.I. The first-order valence-electron chi connectivity index (χ1n) is 9.59. The Bertz CT molecular complexity index is 342. The number of likely N-dealkylation sites (N-methyl/N-ethyl adjacent to an activating group) is 1. The summed E-state index contributed by atoms with van der Waals surface area (Å²) in [5.74, 6) is 1.85. The van der Waals surface area contributed by atoms with E-state index in [2.05, 4.69) is 29.1 Å². The van der Waals surface area contributed by atoms with Crippen LogP contribution in [0.4, 0.5) is 0 Å². The number of rotatable bonds is 9. The molecule has 0 amide bonds. The number of hydrogen-bond acceptors (Lipinski definition) is 3. The molecule has 0 atom stereocenters. The molecule has 5 nitrogen and oxygen atoms in total. The van der Waals surface area contributed by atoms with E-state index in [4.69, 9.17) is 9.73 Å². The van der Waals surface area contributed by atoms with Crippen molar-refractivity contribution in [2.24, 2.45) is 10.9 Å². The van der Waals surface area contributed by atoms with Crippen LogP contribution in [0, 0.1) is 5.92 Å². The summed E-state index contributed by atoms with van der Waals surface area (Å²) in [4.78, 5) is 9.56. The van der Waals surface area contributed by atoms with Crippen LogP contribution in [0.2, 0.25) is 0 Å². The summed E-state index contributed by atoms with van der Waals surface area (Å²) >= 11 is 0. The molecule has 0 aromatic heterocycles. The number of guanidine groups is 1. The maximum Gasteiger partial charge on any atom is 0.193 e. The third kappa shape index (κ3) is 9.42. The molecule has 1 aliphatic heterocycles. The lowest BCUT2D eigenvalue weighted by Crippen LogP contribution is -2.41. The molecule has 2 rings (SSSR count). The number of nitrogens with zero attached hydrogens (tertiary/aromatic N) is 3. The lowest BCUT2D eigenvalue weighted by atomic mass is 10.2. The molecule has 1 saturated carbocycles. The Morgan fingerprint density at radius 1 is 1.21 bits per heavy atom. The van der Waals surface area contributed by atoms with Gasteiger partial charge in [-0.15, -0.1) is 24.0 Å². The van der Waals surface area contributed by atoms with Crippen molar-refractivity contribution in [1.29, 1.82) is 0 Å². The van der Waals surface area contributed by atoms with E-state index < -0.39 is 0 Å². The molecule has 142 valence electrons. The van der Waals surface area contributed by atoms with Gasteiger partial charge in [0.1, 0.15) is 0 Å². The number of likely N-dealkylation sites (tertiary alicyclic amines) is 1. The molecule has 1 N–H and O–H groups in total. The first-order valence-corrected chi connectivity index (χ1v) is 9.59. The Hall–Kier alpha value is -0.0800. The van der Waals surface area contributed by atoms with Crippen LogP contribution >= 0.6 is 24.0 Å². The highest BCUT2D eigenvalue weighted by atomic mass is 127. The highest BCUT2D eigenvalue weighted by Crippen LogP contribution is 2.28. The van der Waals surface area contributed by atoms with Gasteiger partial charge in [-0.25, -0.2) is 0 Å². The molecule has 2 fully saturated rings. The van der Waals surface area contributed by atoms with Gasteiger partial charge in [0.25, 0.3) is 0 Å². The fourth-order valence-electron chi connectivity index (χ4n) is 2.97. The van der Waals surface area contributed by atoms with E-state index in [0.717, 1.165) is 51.3 Å². The van der Waals surface area contributed by atoms with Gasteiger partial charge >= 0.3 is 0 Å². The monoisotopic (exact) mass is 452 g/mol. The van der Waals surface area contributed by atoms with Gasteiger partial charge in [0.15, 0.2) is 5.96 Å². The van der Waals surface area contributed by atoms with Crippen molar-refractivity contribution in [3.05, 3.63) is 0 Å². The second-order valence-electron chi connectivity index (χ2n) is 6.93. The third-order valence-electron chi connectivity index (χ3n) is 4.69. The number of ether oxygens (including phenoxy) is 1. The van der Waals surface area contributed by atoms with Gasteiger partial charge < -0.3 is 19.9 Å². The van der Waals surface area contributed by atoms with E-state index in [9.17, 15) is 0 Å². The van der Waals surface area contributed by atoms with Gasteiger partial charge in [0.2, 0.25) is 0 Å². The third-order valence-corrected chi connectivity index (χ3v) is 4.69. The summed E-state index contributed by atoms with van der Waals surface area (Å²) in [6.07, 6.45) is 8.20. The molecule has 0 bridgehead atoms. The molecule has 0 aromatic carbocycles. The minimum atomic E-state index is 0. The summed E-state index contributed by atoms with van der Waals surface area (Å²) in [5, 5.41) is 3.40. The van der Waals surface area contributed by atoms with Crippen molar-refractivity contribution in [3.63, 3.8) is 0 Å². The lowest BCUT2D eigenvalue weighted by Gasteiger charge is -2.23. The topological polar surface area (TPSA) is 40.1 Å². The predicted molar refractivity (Wildman–Crippen MR) is 112 cm³/mol. The van der Waals surface area contributed by atoms with Gasteiger partial charge in [-0.3, -0.25) is 4.99 Å². The molecule has 1 aliphatic carbocycles. The van der Waals surface area contributed by atoms with Crippen molar-refractivity contribution < 1.29 is 4.74 Å². The summed E-state index contributed by atoms with van der Waals surface area (Å²) < 4.78 is 5.74. The summed E-state index contributed by atoms with van der Waals surface area (Å²) in [6, 6.07) is 0. The van der Waals surface area contributed by atoms with Gasteiger partial charge in [-0.2, -0.15) is 0 Å². The standard InChI is InChI=1S/C18H36N4O.HI/c1-3-19-18(21(2)14-15-23-16-17-8-9-17)20-10-13-22-11-6-4-5-7-12-22;/h17H,3-16H2,1-2H3,(H,19,20);1H. The first kappa shape index (κ1) is 22.0. The molecule has 2 aliphatic rings. The Kier molecular flexibility index (Phi) is 12.0. The van der Waals surface area contributed by atoms with Gasteiger partial charge in [0.05, 0.1) is 13.2 Å². The second kappa shape index (κ2) is 13.2. The molecule has 1 saturated heterocycles. The van der Waals surface area contributed by atoms with Crippen LogP contribution in [0.3, 0.4) is 0 Å². The number of nitrogens with one attached hydrogen (secondary N) is 1. The number of halogens is 1. The van der Waals surface area contributed by atoms with Gasteiger partial charge in [-0.1, -0.05) is 12.8 Å². The van der Waals surface area contributed by atoms with Crippen LogP contribution in [-0.4, -0.2) is 75.3 Å². The van der Waals surface area contributed by atoms with Crippen molar-refractivity contribution in [3.8, 4) is 0 Å². The van der Waals surface area contributed by atoms with Crippen molar-refractivity contribution in [2.75, 3.05) is 59.5 Å². The van der Waals surface area contributed by atoms with E-state index in [1.54, 1.807) is 0 Å². The van der Waals surface area contributed by atoms with Gasteiger partial charge in [0, 0.05) is 33.3 Å². The zero-order valence-electron chi connectivity index (χ0n) is 15.6. The minimum Gasteiger partial charge on any atom is -0.379 e. The van der Waals surface area contributed by atoms with Crippen molar-refractivity contribution in [1.82, 2.24) is 15.1 Å². The van der Waals surface area contributed by atoms with E-state index in [1.807, 2.05) is 0 Å². The first-order chi connectivity index (χ1) is 11.3. The highest BCUT2D eigenvalue weighted by Gasteiger charge is 2.21. The van der Waals surface area contributed by atoms with Crippen LogP contribution in [0.5, 0.6) is 0 Å². The van der Waals surface area contributed by atoms with Crippen LogP contribution in [-0.2, 0) is 4.74 Å². The Balaban J connectivity index is 0.00000288. The summed E-state index contributed by atoms with van der Waals surface area (Å²) in [7, 11) is 2.11. The van der Waals surface area contributed by atoms with E-state index in [1.165, 1.54) is 51.6 Å². The molecule has 1 heterocycles. The van der Waals surface area contributed by atoms with E-state index in [-0.39, 0.29) is 24.0 Å². The zero-order valence-corrected chi connectivity index (χ0v) is 18.0. The van der Waals surface area contributed by atoms with Crippen LogP contribution in [0.15, 0.2) is 4.99 Å². The second-order valence-corrected chi connectivity index (χ2v) is 6.93. The van der Waals surface area contributed by atoms with Crippen LogP contribution in [0.25, 0.3) is 0 Å². The average Bonchev–Trinajstić information content (AvgIpc) is 3.38. The average molecular weight is 452 g/mol.